The van der Waals surface area contributed by atoms with E-state index in [9.17, 15) is 9.59 Å². The molecule has 4 aromatic carbocycles. The van der Waals surface area contributed by atoms with Crippen LogP contribution in [0, 0.1) is 0 Å². The van der Waals surface area contributed by atoms with Gasteiger partial charge in [0.2, 0.25) is 5.91 Å². The van der Waals surface area contributed by atoms with Crippen molar-refractivity contribution in [3.05, 3.63) is 118 Å². The number of rotatable bonds is 7. The number of benzene rings is 4. The maximum atomic E-state index is 14.4. The molecule has 206 valence electrons. The van der Waals surface area contributed by atoms with Gasteiger partial charge in [0.05, 0.1) is 20.3 Å². The van der Waals surface area contributed by atoms with Crippen LogP contribution < -0.4 is 24.4 Å². The van der Waals surface area contributed by atoms with Crippen molar-refractivity contribution in [1.29, 1.82) is 0 Å². The molecule has 3 aliphatic heterocycles. The smallest absolute Gasteiger partial charge is 0.251 e. The van der Waals surface area contributed by atoms with Crippen LogP contribution in [0.5, 0.6) is 17.2 Å². The number of nitrogens with zero attached hydrogens (tertiary/aromatic N) is 1. The number of hydrogen-bond donors (Lipinski definition) is 1. The van der Waals surface area contributed by atoms with Crippen LogP contribution in [0.4, 0.5) is 5.69 Å². The van der Waals surface area contributed by atoms with Crippen LogP contribution in [-0.2, 0) is 29.6 Å². The Morgan fingerprint density at radius 3 is 2.61 bits per heavy atom. The predicted octanol–water partition coefficient (Wildman–Crippen LogP) is 4.83. The fourth-order valence-electron chi connectivity index (χ4n) is 6.26. The van der Waals surface area contributed by atoms with E-state index in [0.717, 1.165) is 51.4 Å². The molecule has 1 atom stereocenters. The fourth-order valence-corrected chi connectivity index (χ4v) is 6.26. The first-order chi connectivity index (χ1) is 20.1. The van der Waals surface area contributed by atoms with Gasteiger partial charge in [-0.05, 0) is 59.0 Å². The van der Waals surface area contributed by atoms with E-state index in [2.05, 4.69) is 11.4 Å². The Balaban J connectivity index is 1.15. The minimum Gasteiger partial charge on any atom is -0.497 e. The molecule has 0 saturated heterocycles. The highest BCUT2D eigenvalue weighted by Gasteiger charge is 2.57. The zero-order chi connectivity index (χ0) is 28.0. The number of amides is 2. The molecule has 7 heteroatoms. The molecule has 1 N–H and O–H groups in total. The zero-order valence-corrected chi connectivity index (χ0v) is 22.8. The molecule has 0 aromatic heterocycles. The lowest BCUT2D eigenvalue weighted by atomic mass is 9.76. The van der Waals surface area contributed by atoms with Gasteiger partial charge in [-0.3, -0.25) is 9.59 Å². The van der Waals surface area contributed by atoms with Gasteiger partial charge in [0.1, 0.15) is 29.3 Å². The van der Waals surface area contributed by atoms with E-state index in [0.29, 0.717) is 30.9 Å². The highest BCUT2D eigenvalue weighted by molar-refractivity contribution is 6.11. The molecule has 3 aliphatic rings. The fraction of sp³-hybridized carbons (Fsp3) is 0.235. The number of para-hydroxylation sites is 1. The normalized spacial score (nSPS) is 18.0. The number of carbonyl (C=O) groups is 2. The van der Waals surface area contributed by atoms with E-state index in [1.807, 2.05) is 78.9 Å². The van der Waals surface area contributed by atoms with Crippen molar-refractivity contribution < 1.29 is 23.8 Å². The number of nitrogens with one attached hydrogen (secondary N) is 1. The van der Waals surface area contributed by atoms with Crippen LogP contribution in [0.1, 0.15) is 38.2 Å². The van der Waals surface area contributed by atoms with Crippen molar-refractivity contribution in [2.24, 2.45) is 0 Å². The van der Waals surface area contributed by atoms with Crippen LogP contribution in [0.3, 0.4) is 0 Å². The van der Waals surface area contributed by atoms with Crippen LogP contribution >= 0.6 is 0 Å². The Kier molecular flexibility index (Phi) is 6.15. The van der Waals surface area contributed by atoms with Crippen molar-refractivity contribution >= 4 is 17.5 Å². The molecule has 7 nitrogen and oxygen atoms in total. The Morgan fingerprint density at radius 2 is 1.76 bits per heavy atom. The number of anilines is 1. The Bertz CT molecular complexity index is 1660. The quantitative estimate of drug-likeness (QED) is 0.360. The minimum atomic E-state index is -0.918. The van der Waals surface area contributed by atoms with Gasteiger partial charge < -0.3 is 24.4 Å². The molecule has 7 rings (SSSR count). The molecule has 0 radical (unpaired) electrons. The summed E-state index contributed by atoms with van der Waals surface area (Å²) in [5.74, 6) is 2.15. The van der Waals surface area contributed by atoms with Crippen molar-refractivity contribution in [3.8, 4) is 17.2 Å². The van der Waals surface area contributed by atoms with Gasteiger partial charge in [-0.15, -0.1) is 0 Å². The maximum absolute atomic E-state index is 14.4. The number of methoxy groups -OCH3 is 1. The van der Waals surface area contributed by atoms with E-state index >= 15 is 0 Å². The topological polar surface area (TPSA) is 77.1 Å². The third-order valence-electron chi connectivity index (χ3n) is 8.41. The van der Waals surface area contributed by atoms with Gasteiger partial charge in [0, 0.05) is 35.8 Å². The van der Waals surface area contributed by atoms with Crippen molar-refractivity contribution in [3.63, 3.8) is 0 Å². The van der Waals surface area contributed by atoms with Crippen LogP contribution in [-0.4, -0.2) is 38.7 Å². The Morgan fingerprint density at radius 1 is 0.951 bits per heavy atom. The van der Waals surface area contributed by atoms with Crippen molar-refractivity contribution in [2.75, 3.05) is 31.8 Å². The summed E-state index contributed by atoms with van der Waals surface area (Å²) >= 11 is 0. The number of fused-ring (bicyclic) bond motifs is 5. The molecule has 1 spiro atoms. The standard InChI is InChI=1S/C34H30N2O5/c1-39-25-12-10-22(11-13-25)14-16-35-32(37)26-7-3-2-6-24(26)20-36-29-9-5-4-8-27(29)34(33(36)38)21-41-31-19-30-23(15-17-40-30)18-28(31)34/h2-13,18-19H,14-17,20-21H2,1H3,(H,35,37). The maximum Gasteiger partial charge on any atom is 0.251 e. The van der Waals surface area contributed by atoms with Gasteiger partial charge in [-0.2, -0.15) is 0 Å². The molecule has 2 amide bonds. The van der Waals surface area contributed by atoms with Crippen LogP contribution in [0.2, 0.25) is 0 Å². The summed E-state index contributed by atoms with van der Waals surface area (Å²) < 4.78 is 17.1. The van der Waals surface area contributed by atoms with Gasteiger partial charge in [-0.25, -0.2) is 0 Å². The number of ether oxygens (including phenoxy) is 3. The van der Waals surface area contributed by atoms with Crippen LogP contribution in [0.25, 0.3) is 0 Å². The average Bonchev–Trinajstić information content (AvgIpc) is 3.69. The molecule has 0 aliphatic carbocycles. The third-order valence-corrected chi connectivity index (χ3v) is 8.41. The molecule has 4 aromatic rings. The molecule has 41 heavy (non-hydrogen) atoms. The van der Waals surface area contributed by atoms with Gasteiger partial charge >= 0.3 is 0 Å². The minimum absolute atomic E-state index is 0.0361. The summed E-state index contributed by atoms with van der Waals surface area (Å²) in [6.45, 7) is 1.66. The third kappa shape index (κ3) is 4.11. The average molecular weight is 547 g/mol. The van der Waals surface area contributed by atoms with Gasteiger partial charge in [0.25, 0.3) is 5.91 Å². The Labute approximate surface area is 238 Å². The second-order valence-electron chi connectivity index (χ2n) is 10.7. The summed E-state index contributed by atoms with van der Waals surface area (Å²) in [4.78, 5) is 29.5. The zero-order valence-electron chi connectivity index (χ0n) is 22.8. The number of carbonyl (C=O) groups excluding carboxylic acids is 2. The summed E-state index contributed by atoms with van der Waals surface area (Å²) in [6.07, 6.45) is 1.52. The van der Waals surface area contributed by atoms with E-state index in [4.69, 9.17) is 14.2 Å². The van der Waals surface area contributed by atoms with Crippen LogP contribution in [0.15, 0.2) is 84.9 Å². The summed E-state index contributed by atoms with van der Waals surface area (Å²) in [5.41, 5.74) is 5.33. The monoisotopic (exact) mass is 546 g/mol. The van der Waals surface area contributed by atoms with E-state index in [-0.39, 0.29) is 25.0 Å². The molecule has 0 bridgehead atoms. The van der Waals surface area contributed by atoms with Gasteiger partial charge in [0.15, 0.2) is 0 Å². The number of hydrogen-bond acceptors (Lipinski definition) is 5. The Hall–Kier alpha value is -4.78. The van der Waals surface area contributed by atoms with Gasteiger partial charge in [-0.1, -0.05) is 48.5 Å². The summed E-state index contributed by atoms with van der Waals surface area (Å²) in [7, 11) is 1.64. The molecular weight excluding hydrogens is 516 g/mol. The highest BCUT2D eigenvalue weighted by atomic mass is 16.5. The first kappa shape index (κ1) is 25.2. The second-order valence-corrected chi connectivity index (χ2v) is 10.7. The first-order valence-electron chi connectivity index (χ1n) is 13.9. The summed E-state index contributed by atoms with van der Waals surface area (Å²) in [5, 5.41) is 3.05. The first-order valence-corrected chi connectivity index (χ1v) is 13.9. The van der Waals surface area contributed by atoms with Crippen molar-refractivity contribution in [2.45, 2.75) is 24.8 Å². The molecular formula is C34H30N2O5. The van der Waals surface area contributed by atoms with E-state index in [1.165, 1.54) is 0 Å². The largest absolute Gasteiger partial charge is 0.497 e. The predicted molar refractivity (Wildman–Crippen MR) is 155 cm³/mol. The molecule has 0 fully saturated rings. The lowest BCUT2D eigenvalue weighted by Gasteiger charge is -2.24. The highest BCUT2D eigenvalue weighted by Crippen LogP contribution is 2.54. The molecule has 3 heterocycles. The SMILES string of the molecule is COc1ccc(CCNC(=O)c2ccccc2CN2C(=O)C3(COc4cc5c(cc43)CCO5)c3ccccc32)cc1. The van der Waals surface area contributed by atoms with E-state index in [1.54, 1.807) is 12.0 Å². The lowest BCUT2D eigenvalue weighted by Crippen LogP contribution is -2.42. The summed E-state index contributed by atoms with van der Waals surface area (Å²) in [6, 6.07) is 27.3. The lowest BCUT2D eigenvalue weighted by molar-refractivity contribution is -0.122. The van der Waals surface area contributed by atoms with E-state index < -0.39 is 5.41 Å². The van der Waals surface area contributed by atoms with Crippen molar-refractivity contribution in [1.82, 2.24) is 5.32 Å². The molecule has 0 saturated carbocycles. The second kappa shape index (κ2) is 10.0. The molecule has 1 unspecified atom stereocenters.